The van der Waals surface area contributed by atoms with Crippen LogP contribution < -0.4 is 15.2 Å². The summed E-state index contributed by atoms with van der Waals surface area (Å²) in [6.07, 6.45) is 4.81. The fourth-order valence-electron chi connectivity index (χ4n) is 1.89. The number of rotatable bonds is 3. The van der Waals surface area contributed by atoms with E-state index in [0.717, 1.165) is 5.69 Å². The molecule has 0 radical (unpaired) electrons. The first-order valence-corrected chi connectivity index (χ1v) is 7.40. The molecule has 1 aromatic carbocycles. The number of anilines is 2. The normalized spacial score (nSPS) is 14.7. The van der Waals surface area contributed by atoms with E-state index in [-0.39, 0.29) is 0 Å². The zero-order chi connectivity index (χ0) is 14.1. The predicted octanol–water partition coefficient (Wildman–Crippen LogP) is 1.66. The van der Waals surface area contributed by atoms with E-state index in [9.17, 15) is 4.55 Å². The van der Waals surface area contributed by atoms with Gasteiger partial charge in [0.1, 0.15) is 24.0 Å². The smallest absolute Gasteiger partial charge is 0.198 e. The molecule has 1 aliphatic rings. The lowest BCUT2D eigenvalue weighted by Gasteiger charge is -2.25. The minimum atomic E-state index is -1.05. The summed E-state index contributed by atoms with van der Waals surface area (Å²) in [6.45, 7) is 0. The minimum absolute atomic E-state index is 0.603. The Kier molecular flexibility index (Phi) is 3.25. The van der Waals surface area contributed by atoms with Gasteiger partial charge in [-0.15, -0.1) is 0 Å². The molecule has 1 aromatic heterocycles. The van der Waals surface area contributed by atoms with Gasteiger partial charge in [0, 0.05) is 6.07 Å². The summed E-state index contributed by atoms with van der Waals surface area (Å²) < 4.78 is 16.9. The summed E-state index contributed by atoms with van der Waals surface area (Å²) in [7, 11) is 1.57. The Morgan fingerprint density at radius 3 is 3.00 bits per heavy atom. The van der Waals surface area contributed by atoms with E-state index in [1.54, 1.807) is 43.2 Å². The molecular weight excluding hydrogens is 278 g/mol. The van der Waals surface area contributed by atoms with E-state index in [4.69, 9.17) is 4.74 Å². The van der Waals surface area contributed by atoms with Gasteiger partial charge in [0.2, 0.25) is 0 Å². The Bertz CT molecular complexity index is 655. The van der Waals surface area contributed by atoms with Gasteiger partial charge in [-0.25, -0.2) is 15.0 Å². The fourth-order valence-corrected chi connectivity index (χ4v) is 2.42. The maximum atomic E-state index is 11.5. The summed E-state index contributed by atoms with van der Waals surface area (Å²) >= 11 is -1.05. The lowest BCUT2D eigenvalue weighted by molar-refractivity contribution is 0.414. The zero-order valence-corrected chi connectivity index (χ0v) is 11.8. The van der Waals surface area contributed by atoms with Gasteiger partial charge in [-0.3, -0.25) is 5.43 Å². The van der Waals surface area contributed by atoms with Crippen molar-refractivity contribution >= 4 is 34.8 Å². The number of aromatic nitrogens is 2. The molecule has 0 bridgehead atoms. The summed E-state index contributed by atoms with van der Waals surface area (Å²) in [6, 6.07) is 5.38. The molecule has 0 saturated heterocycles. The van der Waals surface area contributed by atoms with Crippen molar-refractivity contribution in [3.05, 3.63) is 24.5 Å². The van der Waals surface area contributed by atoms with E-state index < -0.39 is 11.2 Å². The van der Waals surface area contributed by atoms with Gasteiger partial charge in [0.25, 0.3) is 0 Å². The van der Waals surface area contributed by atoms with Crippen LogP contribution in [-0.4, -0.2) is 34.2 Å². The Labute approximate surface area is 118 Å². The molecule has 1 unspecified atom stereocenters. The maximum Gasteiger partial charge on any atom is 0.198 e. The molecule has 2 heterocycles. The molecule has 0 fully saturated rings. The second-order valence-electron chi connectivity index (χ2n) is 4.12. The molecule has 0 amide bonds. The second-order valence-corrected chi connectivity index (χ2v) is 5.49. The van der Waals surface area contributed by atoms with Crippen molar-refractivity contribution < 1.29 is 9.29 Å². The Morgan fingerprint density at radius 2 is 2.25 bits per heavy atom. The van der Waals surface area contributed by atoms with E-state index in [2.05, 4.69) is 20.4 Å². The van der Waals surface area contributed by atoms with Crippen molar-refractivity contribution in [3.8, 4) is 5.75 Å². The first-order valence-electron chi connectivity index (χ1n) is 5.84. The molecule has 2 N–H and O–H groups in total. The van der Waals surface area contributed by atoms with Crippen LogP contribution in [0.5, 0.6) is 5.75 Å². The Balaban J connectivity index is 1.95. The molecule has 2 aromatic rings. The van der Waals surface area contributed by atoms with Crippen molar-refractivity contribution in [3.63, 3.8) is 0 Å². The van der Waals surface area contributed by atoms with E-state index >= 15 is 0 Å². The highest BCUT2D eigenvalue weighted by atomic mass is 32.2. The molecule has 8 heteroatoms. The molecule has 1 atom stereocenters. The van der Waals surface area contributed by atoms with Crippen LogP contribution in [0, 0.1) is 0 Å². The number of imidazole rings is 1. The van der Waals surface area contributed by atoms with Gasteiger partial charge in [0.15, 0.2) is 16.5 Å². The van der Waals surface area contributed by atoms with Crippen LogP contribution in [-0.2, 0) is 11.2 Å². The van der Waals surface area contributed by atoms with Gasteiger partial charge >= 0.3 is 0 Å². The molecule has 3 rings (SSSR count). The topological polar surface area (TPSA) is 88.6 Å². The Morgan fingerprint density at radius 1 is 1.40 bits per heavy atom. The van der Waals surface area contributed by atoms with E-state index in [1.165, 1.54) is 0 Å². The third-order valence-corrected chi connectivity index (χ3v) is 3.81. The van der Waals surface area contributed by atoms with Crippen molar-refractivity contribution in [2.75, 3.05) is 23.8 Å². The van der Waals surface area contributed by atoms with Crippen molar-refractivity contribution in [2.45, 2.75) is 4.90 Å². The molecule has 104 valence electrons. The molecule has 0 saturated carbocycles. The van der Waals surface area contributed by atoms with Crippen molar-refractivity contribution in [1.82, 2.24) is 9.97 Å². The van der Waals surface area contributed by atoms with Gasteiger partial charge in [-0.1, -0.05) is 0 Å². The first kappa shape index (κ1) is 12.8. The van der Waals surface area contributed by atoms with Crippen LogP contribution in [0.2, 0.25) is 0 Å². The highest BCUT2D eigenvalue weighted by Gasteiger charge is 2.19. The number of benzene rings is 1. The first-order chi connectivity index (χ1) is 9.69. The van der Waals surface area contributed by atoms with Crippen molar-refractivity contribution in [1.29, 1.82) is 0 Å². The van der Waals surface area contributed by atoms with Gasteiger partial charge in [-0.2, -0.15) is 0 Å². The number of hydrazine groups is 1. The second kappa shape index (κ2) is 5.06. The molecule has 20 heavy (non-hydrogen) atoms. The predicted molar refractivity (Wildman–Crippen MR) is 78.2 cm³/mol. The van der Waals surface area contributed by atoms with Crippen molar-refractivity contribution in [2.24, 2.45) is 4.99 Å². The van der Waals surface area contributed by atoms with E-state index in [0.29, 0.717) is 22.3 Å². The SMILES string of the molecule is COc1cc([S+](C)[O-])ccc1N1C=Nc2nc[nH]c2N1. The molecule has 1 aliphatic heterocycles. The van der Waals surface area contributed by atoms with Gasteiger partial charge in [-0.05, 0) is 23.3 Å². The number of aromatic amines is 1. The number of nitrogens with zero attached hydrogens (tertiary/aromatic N) is 3. The standard InChI is InChI=1S/C12H13N5O2S/c1-19-10-5-8(20(2)18)3-4-9(10)17-7-15-11-12(16-17)14-6-13-11/h3-7,16H,1-2H3,(H,13,14). The van der Waals surface area contributed by atoms with E-state index in [1.807, 2.05) is 6.07 Å². The zero-order valence-electron chi connectivity index (χ0n) is 11.0. The number of hydrogen-bond acceptors (Lipinski definition) is 6. The number of ether oxygens (including phenoxy) is 1. The molecule has 7 nitrogen and oxygen atoms in total. The van der Waals surface area contributed by atoms with Crippen LogP contribution in [0.4, 0.5) is 17.3 Å². The van der Waals surface area contributed by atoms with Gasteiger partial charge in [0.05, 0.1) is 13.4 Å². The lowest BCUT2D eigenvalue weighted by atomic mass is 10.3. The highest BCUT2D eigenvalue weighted by molar-refractivity contribution is 7.90. The van der Waals surface area contributed by atoms with Crippen LogP contribution >= 0.6 is 0 Å². The minimum Gasteiger partial charge on any atom is -0.612 e. The Hall–Kier alpha value is -2.19. The number of methoxy groups -OCH3 is 1. The van der Waals surface area contributed by atoms with Crippen LogP contribution in [0.15, 0.2) is 34.4 Å². The lowest BCUT2D eigenvalue weighted by Crippen LogP contribution is -2.30. The fraction of sp³-hybridized carbons (Fsp3) is 0.167. The quantitative estimate of drug-likeness (QED) is 0.840. The number of H-pyrrole nitrogens is 1. The average Bonchev–Trinajstić information content (AvgIpc) is 2.93. The number of hydrogen-bond donors (Lipinski definition) is 2. The largest absolute Gasteiger partial charge is 0.612 e. The number of nitrogens with one attached hydrogen (secondary N) is 2. The monoisotopic (exact) mass is 291 g/mol. The molecular formula is C12H13N5O2S. The highest BCUT2D eigenvalue weighted by Crippen LogP contribution is 2.33. The summed E-state index contributed by atoms with van der Waals surface area (Å²) in [5.74, 6) is 1.92. The number of aliphatic imine (C=N–C) groups is 1. The summed E-state index contributed by atoms with van der Waals surface area (Å²) in [5.41, 5.74) is 3.90. The van der Waals surface area contributed by atoms with Crippen LogP contribution in [0.1, 0.15) is 0 Å². The third-order valence-electron chi connectivity index (χ3n) is 2.89. The summed E-state index contributed by atoms with van der Waals surface area (Å²) in [5, 5.41) is 1.71. The molecule has 0 spiro atoms. The average molecular weight is 291 g/mol. The van der Waals surface area contributed by atoms with Gasteiger partial charge < -0.3 is 14.3 Å². The summed E-state index contributed by atoms with van der Waals surface area (Å²) in [4.78, 5) is 11.9. The number of fused-ring (bicyclic) bond motifs is 1. The molecule has 0 aliphatic carbocycles. The maximum absolute atomic E-state index is 11.5. The third kappa shape index (κ3) is 2.19. The van der Waals surface area contributed by atoms with Crippen LogP contribution in [0.25, 0.3) is 0 Å². The van der Waals surface area contributed by atoms with Crippen LogP contribution in [0.3, 0.4) is 0 Å².